The summed E-state index contributed by atoms with van der Waals surface area (Å²) < 4.78 is 5.90. The van der Waals surface area contributed by atoms with E-state index in [4.69, 9.17) is 4.74 Å². The molecule has 0 aliphatic heterocycles. The van der Waals surface area contributed by atoms with Crippen LogP contribution in [0.4, 0.5) is 0 Å². The summed E-state index contributed by atoms with van der Waals surface area (Å²) in [5.74, 6) is 0.156. The van der Waals surface area contributed by atoms with Crippen molar-refractivity contribution < 1.29 is 9.53 Å². The first-order valence-electron chi connectivity index (χ1n) is 8.16. The Hall–Kier alpha value is -2.13. The van der Waals surface area contributed by atoms with Crippen LogP contribution in [0.25, 0.3) is 0 Å². The number of amides is 1. The van der Waals surface area contributed by atoms with Crippen LogP contribution >= 0.6 is 0 Å². The van der Waals surface area contributed by atoms with Crippen molar-refractivity contribution in [3.63, 3.8) is 0 Å². The molecule has 0 saturated heterocycles. The second-order valence-corrected chi connectivity index (χ2v) is 5.72. The molecule has 2 rings (SSSR count). The molecule has 3 heteroatoms. The highest BCUT2D eigenvalue weighted by atomic mass is 16.5. The van der Waals surface area contributed by atoms with Gasteiger partial charge in [0.1, 0.15) is 0 Å². The van der Waals surface area contributed by atoms with Gasteiger partial charge in [-0.05, 0) is 18.1 Å². The topological polar surface area (TPSA) is 29.5 Å². The largest absolute Gasteiger partial charge is 0.372 e. The number of ether oxygens (including phenoxy) is 1. The van der Waals surface area contributed by atoms with Gasteiger partial charge >= 0.3 is 0 Å². The molecule has 0 fully saturated rings. The molecule has 1 unspecified atom stereocenters. The van der Waals surface area contributed by atoms with Gasteiger partial charge in [-0.2, -0.15) is 0 Å². The molecule has 0 spiro atoms. The van der Waals surface area contributed by atoms with Gasteiger partial charge in [-0.1, -0.05) is 67.6 Å². The molecule has 0 saturated carbocycles. The summed E-state index contributed by atoms with van der Waals surface area (Å²) in [7, 11) is 0. The minimum atomic E-state index is -0.00517. The van der Waals surface area contributed by atoms with E-state index in [0.717, 1.165) is 11.1 Å². The van der Waals surface area contributed by atoms with Crippen molar-refractivity contribution in [1.29, 1.82) is 0 Å². The van der Waals surface area contributed by atoms with Crippen LogP contribution in [0.3, 0.4) is 0 Å². The van der Waals surface area contributed by atoms with Crippen molar-refractivity contribution in [2.24, 2.45) is 0 Å². The van der Waals surface area contributed by atoms with E-state index in [-0.39, 0.29) is 12.0 Å². The van der Waals surface area contributed by atoms with Gasteiger partial charge in [0.25, 0.3) is 0 Å². The van der Waals surface area contributed by atoms with Crippen molar-refractivity contribution in [2.75, 3.05) is 6.54 Å². The lowest BCUT2D eigenvalue weighted by atomic mass is 10.2. The van der Waals surface area contributed by atoms with Gasteiger partial charge in [-0.25, -0.2) is 0 Å². The summed E-state index contributed by atoms with van der Waals surface area (Å²) in [6, 6.07) is 20.2. The molecule has 0 heterocycles. The van der Waals surface area contributed by atoms with Crippen molar-refractivity contribution >= 4 is 5.91 Å². The molecule has 0 radical (unpaired) electrons. The Labute approximate surface area is 138 Å². The third kappa shape index (κ3) is 5.87. The van der Waals surface area contributed by atoms with Crippen LogP contribution in [0.15, 0.2) is 60.7 Å². The average Bonchev–Trinajstić information content (AvgIpc) is 2.60. The predicted octanol–water partition coefficient (Wildman–Crippen LogP) is 4.03. The zero-order chi connectivity index (χ0) is 16.5. The highest BCUT2D eigenvalue weighted by molar-refractivity contribution is 5.75. The van der Waals surface area contributed by atoms with E-state index >= 15 is 0 Å². The van der Waals surface area contributed by atoms with E-state index < -0.39 is 0 Å². The van der Waals surface area contributed by atoms with Gasteiger partial charge in [-0.3, -0.25) is 4.79 Å². The van der Waals surface area contributed by atoms with Gasteiger partial charge in [-0.15, -0.1) is 0 Å². The molecule has 0 bridgehead atoms. The lowest BCUT2D eigenvalue weighted by Gasteiger charge is -2.26. The van der Waals surface area contributed by atoms with Gasteiger partial charge in [0.15, 0.2) is 0 Å². The van der Waals surface area contributed by atoms with Crippen LogP contribution in [0.1, 0.15) is 31.4 Å². The molecule has 1 amide bonds. The first-order chi connectivity index (χ1) is 11.2. The van der Waals surface area contributed by atoms with Crippen LogP contribution in [-0.2, 0) is 22.7 Å². The summed E-state index contributed by atoms with van der Waals surface area (Å²) in [5.41, 5.74) is 2.29. The maximum Gasteiger partial charge on any atom is 0.222 e. The second-order valence-electron chi connectivity index (χ2n) is 5.72. The van der Waals surface area contributed by atoms with Crippen molar-refractivity contribution in [3.8, 4) is 0 Å². The fourth-order valence-electron chi connectivity index (χ4n) is 2.46. The Morgan fingerprint density at radius 2 is 1.57 bits per heavy atom. The molecule has 2 aromatic carbocycles. The first kappa shape index (κ1) is 17.2. The number of carbonyl (C=O) groups excluding carboxylic acids is 1. The van der Waals surface area contributed by atoms with E-state index in [9.17, 15) is 4.79 Å². The van der Waals surface area contributed by atoms with Crippen LogP contribution in [0.5, 0.6) is 0 Å². The SMILES string of the molecule is CCC(=O)N(Cc1ccccc1)CC(C)OCc1ccccc1. The Kier molecular flexibility index (Phi) is 6.82. The molecule has 0 aromatic heterocycles. The monoisotopic (exact) mass is 311 g/mol. The average molecular weight is 311 g/mol. The molecule has 122 valence electrons. The minimum Gasteiger partial charge on any atom is -0.372 e. The van der Waals surface area contributed by atoms with Crippen LogP contribution in [-0.4, -0.2) is 23.5 Å². The van der Waals surface area contributed by atoms with E-state index in [1.807, 2.05) is 79.4 Å². The summed E-state index contributed by atoms with van der Waals surface area (Å²) in [6.07, 6.45) is 0.507. The number of carbonyl (C=O) groups is 1. The van der Waals surface area contributed by atoms with Crippen LogP contribution in [0, 0.1) is 0 Å². The standard InChI is InChI=1S/C20H25NO2/c1-3-20(22)21(15-18-10-6-4-7-11-18)14-17(2)23-16-19-12-8-5-9-13-19/h4-13,17H,3,14-16H2,1-2H3. The number of hydrogen-bond acceptors (Lipinski definition) is 2. The normalized spacial score (nSPS) is 11.9. The quantitative estimate of drug-likeness (QED) is 0.736. The first-order valence-corrected chi connectivity index (χ1v) is 8.16. The second kappa shape index (κ2) is 9.11. The van der Waals surface area contributed by atoms with Crippen LogP contribution < -0.4 is 0 Å². The van der Waals surface area contributed by atoms with Gasteiger partial charge < -0.3 is 9.64 Å². The van der Waals surface area contributed by atoms with Gasteiger partial charge in [0.05, 0.1) is 12.7 Å². The van der Waals surface area contributed by atoms with Gasteiger partial charge in [0, 0.05) is 19.5 Å². The van der Waals surface area contributed by atoms with E-state index in [0.29, 0.717) is 26.1 Å². The molecule has 2 aromatic rings. The summed E-state index contributed by atoms with van der Waals surface area (Å²) in [6.45, 7) is 5.72. The Balaban J connectivity index is 1.90. The number of hydrogen-bond donors (Lipinski definition) is 0. The zero-order valence-electron chi connectivity index (χ0n) is 13.9. The lowest BCUT2D eigenvalue weighted by molar-refractivity contribution is -0.133. The maximum absolute atomic E-state index is 12.2. The fraction of sp³-hybridized carbons (Fsp3) is 0.350. The molecule has 3 nitrogen and oxygen atoms in total. The van der Waals surface area contributed by atoms with Crippen molar-refractivity contribution in [2.45, 2.75) is 39.5 Å². The van der Waals surface area contributed by atoms with Crippen molar-refractivity contribution in [3.05, 3.63) is 71.8 Å². The molecule has 1 atom stereocenters. The molecule has 0 aliphatic rings. The molecule has 0 aliphatic carbocycles. The fourth-order valence-corrected chi connectivity index (χ4v) is 2.46. The number of nitrogens with zero attached hydrogens (tertiary/aromatic N) is 1. The summed E-state index contributed by atoms with van der Waals surface area (Å²) >= 11 is 0. The van der Waals surface area contributed by atoms with Crippen LogP contribution in [0.2, 0.25) is 0 Å². The highest BCUT2D eigenvalue weighted by Gasteiger charge is 2.16. The summed E-state index contributed by atoms with van der Waals surface area (Å²) in [4.78, 5) is 14.1. The maximum atomic E-state index is 12.2. The van der Waals surface area contributed by atoms with E-state index in [1.165, 1.54) is 0 Å². The molecular weight excluding hydrogens is 286 g/mol. The highest BCUT2D eigenvalue weighted by Crippen LogP contribution is 2.10. The smallest absolute Gasteiger partial charge is 0.222 e. The third-order valence-electron chi connectivity index (χ3n) is 3.73. The van der Waals surface area contributed by atoms with E-state index in [2.05, 4.69) is 0 Å². The minimum absolute atomic E-state index is 0.00517. The Morgan fingerprint density at radius 1 is 1.00 bits per heavy atom. The summed E-state index contributed by atoms with van der Waals surface area (Å²) in [5, 5.41) is 0. The molecule has 0 N–H and O–H groups in total. The molecular formula is C20H25NO2. The number of rotatable bonds is 8. The van der Waals surface area contributed by atoms with Crippen molar-refractivity contribution in [1.82, 2.24) is 4.90 Å². The predicted molar refractivity (Wildman–Crippen MR) is 92.8 cm³/mol. The van der Waals surface area contributed by atoms with E-state index in [1.54, 1.807) is 0 Å². The third-order valence-corrected chi connectivity index (χ3v) is 3.73. The molecule has 23 heavy (non-hydrogen) atoms. The zero-order valence-corrected chi connectivity index (χ0v) is 13.9. The lowest BCUT2D eigenvalue weighted by Crippen LogP contribution is -2.36. The number of benzene rings is 2. The Bertz CT molecular complexity index is 583. The Morgan fingerprint density at radius 3 is 2.13 bits per heavy atom. The van der Waals surface area contributed by atoms with Gasteiger partial charge in [0.2, 0.25) is 5.91 Å².